The predicted octanol–water partition coefficient (Wildman–Crippen LogP) is 5.54. The van der Waals surface area contributed by atoms with Crippen molar-refractivity contribution in [3.63, 3.8) is 0 Å². The van der Waals surface area contributed by atoms with Gasteiger partial charge in [0.05, 0.1) is 6.04 Å². The number of likely N-dealkylation sites (N-methyl/N-ethyl adjacent to an activating group) is 1. The van der Waals surface area contributed by atoms with E-state index in [0.717, 1.165) is 38.8 Å². The van der Waals surface area contributed by atoms with Gasteiger partial charge in [0.2, 0.25) is 5.91 Å². The van der Waals surface area contributed by atoms with Gasteiger partial charge in [0.1, 0.15) is 5.78 Å². The van der Waals surface area contributed by atoms with Crippen LogP contribution in [0.5, 0.6) is 0 Å². The van der Waals surface area contributed by atoms with E-state index >= 15 is 0 Å². The van der Waals surface area contributed by atoms with E-state index in [1.54, 1.807) is 6.92 Å². The number of carbonyl (C=O) groups excluding carboxylic acids is 2. The molecular formula is C23H46N2O2. The molecule has 0 spiro atoms. The van der Waals surface area contributed by atoms with E-state index in [-0.39, 0.29) is 17.7 Å². The molecule has 0 aliphatic rings. The van der Waals surface area contributed by atoms with Crippen molar-refractivity contribution in [2.45, 2.75) is 123 Å². The summed E-state index contributed by atoms with van der Waals surface area (Å²) in [5, 5.41) is 6.22. The molecule has 0 bridgehead atoms. The molecule has 4 heteroatoms. The van der Waals surface area contributed by atoms with Crippen LogP contribution in [0.3, 0.4) is 0 Å². The van der Waals surface area contributed by atoms with Crippen LogP contribution in [-0.2, 0) is 9.59 Å². The van der Waals surface area contributed by atoms with Crippen molar-refractivity contribution in [1.29, 1.82) is 0 Å². The number of unbranched alkanes of at least 4 members (excludes halogenated alkanes) is 11. The van der Waals surface area contributed by atoms with Crippen LogP contribution in [0.2, 0.25) is 0 Å². The Bertz CT molecular complexity index is 358. The van der Waals surface area contributed by atoms with Crippen LogP contribution in [0.4, 0.5) is 0 Å². The van der Waals surface area contributed by atoms with Gasteiger partial charge in [-0.25, -0.2) is 0 Å². The molecule has 0 saturated heterocycles. The second-order valence-electron chi connectivity index (χ2n) is 7.85. The lowest BCUT2D eigenvalue weighted by molar-refractivity contribution is -0.121. The van der Waals surface area contributed by atoms with Gasteiger partial charge in [-0.2, -0.15) is 0 Å². The maximum atomic E-state index is 11.8. The molecule has 0 fully saturated rings. The largest absolute Gasteiger partial charge is 0.356 e. The number of ketones is 1. The standard InChI is InChI=1S/C23H46N2O2/c1-4-6-7-8-9-10-11-12-13-14-15-19-23(27)25-20-17-16-18-22(21(3)26)24-5-2/h22,24H,4-20H2,1-3H3,(H,25,27)/t22-/m0/s1. The average Bonchev–Trinajstić information content (AvgIpc) is 2.64. The van der Waals surface area contributed by atoms with Gasteiger partial charge in [-0.15, -0.1) is 0 Å². The zero-order chi connectivity index (χ0) is 20.2. The third-order valence-electron chi connectivity index (χ3n) is 5.19. The van der Waals surface area contributed by atoms with E-state index < -0.39 is 0 Å². The van der Waals surface area contributed by atoms with Crippen molar-refractivity contribution in [1.82, 2.24) is 10.6 Å². The van der Waals surface area contributed by atoms with Crippen LogP contribution in [0, 0.1) is 0 Å². The van der Waals surface area contributed by atoms with Crippen molar-refractivity contribution >= 4 is 11.7 Å². The summed E-state index contributed by atoms with van der Waals surface area (Å²) in [4.78, 5) is 23.3. The van der Waals surface area contributed by atoms with Crippen LogP contribution < -0.4 is 10.6 Å². The van der Waals surface area contributed by atoms with Crippen LogP contribution >= 0.6 is 0 Å². The lowest BCUT2D eigenvalue weighted by atomic mass is 10.1. The molecule has 0 radical (unpaired) electrons. The molecule has 0 aliphatic carbocycles. The molecule has 0 aromatic rings. The normalized spacial score (nSPS) is 12.1. The van der Waals surface area contributed by atoms with Crippen LogP contribution in [-0.4, -0.2) is 30.8 Å². The lowest BCUT2D eigenvalue weighted by Gasteiger charge is -2.14. The zero-order valence-corrected chi connectivity index (χ0v) is 18.4. The average molecular weight is 383 g/mol. The van der Waals surface area contributed by atoms with E-state index in [1.807, 2.05) is 6.92 Å². The van der Waals surface area contributed by atoms with Crippen molar-refractivity contribution in [3.8, 4) is 0 Å². The molecule has 4 nitrogen and oxygen atoms in total. The van der Waals surface area contributed by atoms with Gasteiger partial charge >= 0.3 is 0 Å². The van der Waals surface area contributed by atoms with Gasteiger partial charge in [0.25, 0.3) is 0 Å². The Labute approximate surface area is 168 Å². The van der Waals surface area contributed by atoms with E-state index in [1.165, 1.54) is 64.2 Å². The Hall–Kier alpha value is -0.900. The lowest BCUT2D eigenvalue weighted by Crippen LogP contribution is -2.35. The summed E-state index contributed by atoms with van der Waals surface area (Å²) in [5.41, 5.74) is 0. The monoisotopic (exact) mass is 382 g/mol. The summed E-state index contributed by atoms with van der Waals surface area (Å²) < 4.78 is 0. The van der Waals surface area contributed by atoms with Gasteiger partial charge in [-0.05, 0) is 39.2 Å². The highest BCUT2D eigenvalue weighted by molar-refractivity contribution is 5.81. The first-order chi connectivity index (χ1) is 13.1. The highest BCUT2D eigenvalue weighted by Gasteiger charge is 2.11. The second kappa shape index (κ2) is 19.9. The topological polar surface area (TPSA) is 58.2 Å². The van der Waals surface area contributed by atoms with E-state index in [0.29, 0.717) is 6.42 Å². The van der Waals surface area contributed by atoms with Gasteiger partial charge in [0.15, 0.2) is 0 Å². The van der Waals surface area contributed by atoms with Gasteiger partial charge in [-0.1, -0.05) is 78.1 Å². The summed E-state index contributed by atoms with van der Waals surface area (Å²) in [6.45, 7) is 7.47. The van der Waals surface area contributed by atoms with Crippen LogP contribution in [0.1, 0.15) is 117 Å². The summed E-state index contributed by atoms with van der Waals surface area (Å²) in [6.07, 6.45) is 17.8. The highest BCUT2D eigenvalue weighted by Crippen LogP contribution is 2.11. The third-order valence-corrected chi connectivity index (χ3v) is 5.19. The maximum Gasteiger partial charge on any atom is 0.219 e. The number of hydrogen-bond acceptors (Lipinski definition) is 3. The number of nitrogens with one attached hydrogen (secondary N) is 2. The van der Waals surface area contributed by atoms with Gasteiger partial charge in [0, 0.05) is 13.0 Å². The molecule has 0 rings (SSSR count). The number of amides is 1. The van der Waals surface area contributed by atoms with Gasteiger partial charge in [-0.3, -0.25) is 9.59 Å². The number of rotatable bonds is 20. The highest BCUT2D eigenvalue weighted by atomic mass is 16.1. The second-order valence-corrected chi connectivity index (χ2v) is 7.85. The number of hydrogen-bond donors (Lipinski definition) is 2. The van der Waals surface area contributed by atoms with Crippen LogP contribution in [0.25, 0.3) is 0 Å². The first kappa shape index (κ1) is 26.1. The smallest absolute Gasteiger partial charge is 0.219 e. The van der Waals surface area contributed by atoms with Crippen molar-refractivity contribution in [3.05, 3.63) is 0 Å². The molecule has 1 amide bonds. The molecule has 0 saturated carbocycles. The molecule has 2 N–H and O–H groups in total. The van der Waals surface area contributed by atoms with Crippen molar-refractivity contribution in [2.75, 3.05) is 13.1 Å². The fourth-order valence-electron chi connectivity index (χ4n) is 3.43. The minimum Gasteiger partial charge on any atom is -0.356 e. The molecule has 0 aromatic heterocycles. The Balaban J connectivity index is 3.36. The van der Waals surface area contributed by atoms with E-state index in [9.17, 15) is 9.59 Å². The van der Waals surface area contributed by atoms with E-state index in [4.69, 9.17) is 0 Å². The summed E-state index contributed by atoms with van der Waals surface area (Å²) in [7, 11) is 0. The van der Waals surface area contributed by atoms with Crippen molar-refractivity contribution in [2.24, 2.45) is 0 Å². The first-order valence-corrected chi connectivity index (χ1v) is 11.6. The van der Waals surface area contributed by atoms with Crippen molar-refractivity contribution < 1.29 is 9.59 Å². The Morgan fingerprint density at radius 2 is 1.30 bits per heavy atom. The predicted molar refractivity (Wildman–Crippen MR) is 116 cm³/mol. The van der Waals surface area contributed by atoms with Gasteiger partial charge < -0.3 is 10.6 Å². The fraction of sp³-hybridized carbons (Fsp3) is 0.913. The zero-order valence-electron chi connectivity index (χ0n) is 18.4. The summed E-state index contributed by atoms with van der Waals surface area (Å²) in [6, 6.07) is -0.0259. The maximum absolute atomic E-state index is 11.8. The number of carbonyl (C=O) groups is 2. The third kappa shape index (κ3) is 18.2. The molecular weight excluding hydrogens is 336 g/mol. The van der Waals surface area contributed by atoms with Crippen LogP contribution in [0.15, 0.2) is 0 Å². The molecule has 0 aliphatic heterocycles. The molecule has 27 heavy (non-hydrogen) atoms. The molecule has 0 unspecified atom stereocenters. The summed E-state index contributed by atoms with van der Waals surface area (Å²) in [5.74, 6) is 0.387. The minimum absolute atomic E-state index is 0.0259. The molecule has 0 heterocycles. The first-order valence-electron chi connectivity index (χ1n) is 11.6. The Morgan fingerprint density at radius 3 is 1.81 bits per heavy atom. The molecule has 0 aromatic carbocycles. The van der Waals surface area contributed by atoms with E-state index in [2.05, 4.69) is 17.6 Å². The SMILES string of the molecule is CCCCCCCCCCCCCC(=O)NCCCC[C@H](NCC)C(C)=O. The quantitative estimate of drug-likeness (QED) is 0.272. The molecule has 1 atom stereocenters. The number of Topliss-reactive ketones (excluding diaryl/α,β-unsaturated/α-hetero) is 1. The Morgan fingerprint density at radius 1 is 0.741 bits per heavy atom. The summed E-state index contributed by atoms with van der Waals surface area (Å²) >= 11 is 0. The Kier molecular flexibility index (Phi) is 19.2. The fourth-order valence-corrected chi connectivity index (χ4v) is 3.43. The molecule has 160 valence electrons. The minimum atomic E-state index is -0.0259.